The van der Waals surface area contributed by atoms with Crippen LogP contribution in [0.5, 0.6) is 11.5 Å². The fourth-order valence-corrected chi connectivity index (χ4v) is 4.62. The van der Waals surface area contributed by atoms with Crippen LogP contribution >= 0.6 is 0 Å². The first-order chi connectivity index (χ1) is 15.8. The lowest BCUT2D eigenvalue weighted by molar-refractivity contribution is 0.0796. The monoisotopic (exact) mass is 468 g/mol. The van der Waals surface area contributed by atoms with Crippen molar-refractivity contribution in [1.29, 1.82) is 0 Å². The number of anilines is 1. The summed E-state index contributed by atoms with van der Waals surface area (Å²) >= 11 is 0. The summed E-state index contributed by atoms with van der Waals surface area (Å²) in [5.74, 6) is 1.02. The summed E-state index contributed by atoms with van der Waals surface area (Å²) in [7, 11) is 2.54. The molecule has 3 rings (SSSR count). The van der Waals surface area contributed by atoms with Gasteiger partial charge in [-0.3, -0.25) is 9.10 Å². The second kappa shape index (κ2) is 10.4. The van der Waals surface area contributed by atoms with E-state index in [-0.39, 0.29) is 10.8 Å². The van der Waals surface area contributed by atoms with Gasteiger partial charge in [-0.05, 0) is 54.4 Å². The second-order valence-electron chi connectivity index (χ2n) is 7.50. The molecule has 0 heterocycles. The van der Waals surface area contributed by atoms with Gasteiger partial charge < -0.3 is 14.4 Å². The Balaban J connectivity index is 1.73. The summed E-state index contributed by atoms with van der Waals surface area (Å²) in [6.45, 7) is 0.454. The number of sulfonamides is 1. The van der Waals surface area contributed by atoms with Crippen LogP contribution in [0, 0.1) is 0 Å². The minimum atomic E-state index is -3.81. The molecule has 0 spiro atoms. The van der Waals surface area contributed by atoms with Gasteiger partial charge in [0, 0.05) is 26.2 Å². The number of methoxy groups -OCH3 is 2. The Bertz CT molecular complexity index is 1210. The zero-order valence-electron chi connectivity index (χ0n) is 19.2. The molecule has 7 nitrogen and oxygen atoms in total. The number of benzene rings is 3. The first-order valence-electron chi connectivity index (χ1n) is 10.4. The van der Waals surface area contributed by atoms with Crippen LogP contribution in [0.1, 0.15) is 15.9 Å². The van der Waals surface area contributed by atoms with E-state index in [1.165, 1.54) is 23.5 Å². The lowest BCUT2D eigenvalue weighted by Crippen LogP contribution is -2.30. The van der Waals surface area contributed by atoms with E-state index in [1.54, 1.807) is 62.6 Å². The maximum Gasteiger partial charge on any atom is 0.264 e. The summed E-state index contributed by atoms with van der Waals surface area (Å²) < 4.78 is 37.9. The standard InChI is InChI=1S/C25H28N2O5S/c1-26(16-15-19-13-14-23(31-3)24(17-19)32-4)25(28)20-9-8-12-22(18-20)33(29,30)27(2)21-10-6-5-7-11-21/h5-14,17-18H,15-16H2,1-4H3. The van der Waals surface area contributed by atoms with E-state index in [1.807, 2.05) is 24.3 Å². The largest absolute Gasteiger partial charge is 0.493 e. The fourth-order valence-electron chi connectivity index (χ4n) is 3.38. The van der Waals surface area contributed by atoms with Crippen molar-refractivity contribution in [2.24, 2.45) is 0 Å². The van der Waals surface area contributed by atoms with Gasteiger partial charge in [-0.2, -0.15) is 0 Å². The molecule has 0 radical (unpaired) electrons. The predicted octanol–water partition coefficient (Wildman–Crippen LogP) is 3.84. The van der Waals surface area contributed by atoms with Crippen LogP contribution in [0.2, 0.25) is 0 Å². The molecule has 174 valence electrons. The Morgan fingerprint density at radius 1 is 0.848 bits per heavy atom. The summed E-state index contributed by atoms with van der Waals surface area (Å²) in [6, 6.07) is 20.5. The maximum absolute atomic E-state index is 13.1. The number of nitrogens with zero attached hydrogens (tertiary/aromatic N) is 2. The molecule has 3 aromatic carbocycles. The fraction of sp³-hybridized carbons (Fsp3) is 0.240. The first-order valence-corrected chi connectivity index (χ1v) is 11.8. The van der Waals surface area contributed by atoms with Crippen LogP contribution in [0.25, 0.3) is 0 Å². The lowest BCUT2D eigenvalue weighted by Gasteiger charge is -2.21. The molecule has 1 amide bonds. The minimum Gasteiger partial charge on any atom is -0.493 e. The number of para-hydroxylation sites is 1. The highest BCUT2D eigenvalue weighted by atomic mass is 32.2. The number of amides is 1. The molecule has 3 aromatic rings. The van der Waals surface area contributed by atoms with Crippen LogP contribution in [0.4, 0.5) is 5.69 Å². The molecule has 0 aliphatic heterocycles. The number of hydrogen-bond donors (Lipinski definition) is 0. The molecule has 0 aliphatic carbocycles. The molecule has 0 aliphatic rings. The molecule has 33 heavy (non-hydrogen) atoms. The molecule has 0 atom stereocenters. The number of likely N-dealkylation sites (N-methyl/N-ethyl adjacent to an activating group) is 1. The molecule has 0 bridgehead atoms. The quantitative estimate of drug-likeness (QED) is 0.477. The third-order valence-corrected chi connectivity index (χ3v) is 7.17. The number of carbonyl (C=O) groups excluding carboxylic acids is 1. The van der Waals surface area contributed by atoms with Gasteiger partial charge in [0.1, 0.15) is 0 Å². The van der Waals surface area contributed by atoms with Gasteiger partial charge in [-0.15, -0.1) is 0 Å². The Hall–Kier alpha value is -3.52. The first kappa shape index (κ1) is 24.1. The third-order valence-electron chi connectivity index (χ3n) is 5.39. The van der Waals surface area contributed by atoms with Crippen molar-refractivity contribution < 1.29 is 22.7 Å². The van der Waals surface area contributed by atoms with E-state index >= 15 is 0 Å². The van der Waals surface area contributed by atoms with E-state index in [4.69, 9.17) is 9.47 Å². The van der Waals surface area contributed by atoms with Gasteiger partial charge in [0.2, 0.25) is 0 Å². The van der Waals surface area contributed by atoms with Crippen molar-refractivity contribution >= 4 is 21.6 Å². The van der Waals surface area contributed by atoms with Crippen molar-refractivity contribution in [3.63, 3.8) is 0 Å². The van der Waals surface area contributed by atoms with E-state index < -0.39 is 10.0 Å². The van der Waals surface area contributed by atoms with Crippen LogP contribution in [-0.2, 0) is 16.4 Å². The molecule has 0 aromatic heterocycles. The van der Waals surface area contributed by atoms with Gasteiger partial charge in [-0.25, -0.2) is 8.42 Å². The zero-order valence-corrected chi connectivity index (χ0v) is 20.0. The maximum atomic E-state index is 13.1. The molecule has 0 N–H and O–H groups in total. The highest BCUT2D eigenvalue weighted by Crippen LogP contribution is 2.28. The summed E-state index contributed by atoms with van der Waals surface area (Å²) in [5, 5.41) is 0. The average molecular weight is 469 g/mol. The molecule has 8 heteroatoms. The van der Waals surface area contributed by atoms with Crippen molar-refractivity contribution in [3.8, 4) is 11.5 Å². The SMILES string of the molecule is COc1ccc(CCN(C)C(=O)c2cccc(S(=O)(=O)N(C)c3ccccc3)c2)cc1OC. The van der Waals surface area contributed by atoms with E-state index in [2.05, 4.69) is 0 Å². The molecule has 0 saturated carbocycles. The molecular weight excluding hydrogens is 440 g/mol. The third kappa shape index (κ3) is 5.46. The number of hydrogen-bond acceptors (Lipinski definition) is 5. The Labute approximate surface area is 195 Å². The van der Waals surface area contributed by atoms with Gasteiger partial charge >= 0.3 is 0 Å². The van der Waals surface area contributed by atoms with Gasteiger partial charge in [0.25, 0.3) is 15.9 Å². The second-order valence-corrected chi connectivity index (χ2v) is 9.47. The topological polar surface area (TPSA) is 76.2 Å². The van der Waals surface area contributed by atoms with Gasteiger partial charge in [-0.1, -0.05) is 30.3 Å². The Morgan fingerprint density at radius 3 is 2.21 bits per heavy atom. The zero-order chi connectivity index (χ0) is 24.0. The number of ether oxygens (including phenoxy) is 2. The van der Waals surface area contributed by atoms with Gasteiger partial charge in [0.05, 0.1) is 24.8 Å². The highest BCUT2D eigenvalue weighted by molar-refractivity contribution is 7.92. The van der Waals surface area contributed by atoms with E-state index in [9.17, 15) is 13.2 Å². The minimum absolute atomic E-state index is 0.0630. The lowest BCUT2D eigenvalue weighted by atomic mass is 10.1. The molecule has 0 fully saturated rings. The van der Waals surface area contributed by atoms with Crippen LogP contribution in [-0.4, -0.2) is 54.1 Å². The van der Waals surface area contributed by atoms with Crippen molar-refractivity contribution in [3.05, 3.63) is 83.9 Å². The summed E-state index contributed by atoms with van der Waals surface area (Å²) in [5.41, 5.74) is 1.85. The Kier molecular flexibility index (Phi) is 7.60. The molecule has 0 saturated heterocycles. The summed E-state index contributed by atoms with van der Waals surface area (Å²) in [6.07, 6.45) is 0.608. The highest BCUT2D eigenvalue weighted by Gasteiger charge is 2.23. The average Bonchev–Trinajstić information content (AvgIpc) is 2.86. The van der Waals surface area contributed by atoms with E-state index in [0.717, 1.165) is 5.56 Å². The van der Waals surface area contributed by atoms with Crippen molar-refractivity contribution in [1.82, 2.24) is 4.90 Å². The molecule has 0 unspecified atom stereocenters. The van der Waals surface area contributed by atoms with Gasteiger partial charge in [0.15, 0.2) is 11.5 Å². The van der Waals surface area contributed by atoms with Crippen LogP contribution in [0.3, 0.4) is 0 Å². The summed E-state index contributed by atoms with van der Waals surface area (Å²) in [4.78, 5) is 14.6. The normalized spacial score (nSPS) is 11.0. The van der Waals surface area contributed by atoms with Crippen molar-refractivity contribution in [2.75, 3.05) is 39.2 Å². The smallest absolute Gasteiger partial charge is 0.264 e. The van der Waals surface area contributed by atoms with Crippen LogP contribution in [0.15, 0.2) is 77.7 Å². The van der Waals surface area contributed by atoms with Crippen molar-refractivity contribution in [2.45, 2.75) is 11.3 Å². The predicted molar refractivity (Wildman–Crippen MR) is 129 cm³/mol. The van der Waals surface area contributed by atoms with Crippen LogP contribution < -0.4 is 13.8 Å². The van der Waals surface area contributed by atoms with E-state index in [0.29, 0.717) is 35.7 Å². The Morgan fingerprint density at radius 2 is 1.55 bits per heavy atom. The molecular formula is C25H28N2O5S. The number of carbonyl (C=O) groups is 1. The number of rotatable bonds is 9.